The molecular weight excluding hydrogens is 513 g/mol. The lowest BCUT2D eigenvalue weighted by molar-refractivity contribution is -0.139. The van der Waals surface area contributed by atoms with Crippen LogP contribution in [0.15, 0.2) is 41.2 Å². The molecule has 0 spiro atoms. The zero-order valence-electron chi connectivity index (χ0n) is 21.6. The standard InChI is InChI=1S/C27H31F3N6O3/c1-2-35-11-3-4-19(35)14-33-21(37)13-17-7-5-16(6-8-17)12-18-9-10-20-23(38)22(25(32)39)24(31)36(26(20)34-18)15-27(28,29)30/h5-10,19H,2-4,11-15,31H2,1H3,(H2,32,39)(H,33,37). The zero-order chi connectivity index (χ0) is 28.3. The fourth-order valence-electron chi connectivity index (χ4n) is 5.05. The van der Waals surface area contributed by atoms with Gasteiger partial charge in [-0.2, -0.15) is 13.2 Å². The zero-order valence-corrected chi connectivity index (χ0v) is 21.6. The Morgan fingerprint density at radius 1 is 1.13 bits per heavy atom. The third kappa shape index (κ3) is 6.56. The van der Waals surface area contributed by atoms with Gasteiger partial charge in [0.15, 0.2) is 0 Å². The molecule has 12 heteroatoms. The first-order chi connectivity index (χ1) is 18.5. The van der Waals surface area contributed by atoms with Crippen LogP contribution >= 0.6 is 0 Å². The van der Waals surface area contributed by atoms with Gasteiger partial charge in [0.25, 0.3) is 5.91 Å². The Balaban J connectivity index is 1.50. The van der Waals surface area contributed by atoms with E-state index in [9.17, 15) is 27.6 Å². The van der Waals surface area contributed by atoms with Crippen LogP contribution in [-0.4, -0.2) is 58.1 Å². The molecule has 1 fully saturated rings. The number of nitrogens with two attached hydrogens (primary N) is 2. The van der Waals surface area contributed by atoms with Crippen LogP contribution in [0.5, 0.6) is 0 Å². The Bertz CT molecular complexity index is 1440. The Labute approximate surface area is 223 Å². The summed E-state index contributed by atoms with van der Waals surface area (Å²) in [4.78, 5) is 43.5. The number of anilines is 1. The molecule has 2 amide bonds. The molecule has 1 aromatic carbocycles. The number of pyridine rings is 2. The number of alkyl halides is 3. The van der Waals surface area contributed by atoms with Gasteiger partial charge in [0.2, 0.25) is 11.3 Å². The van der Waals surface area contributed by atoms with E-state index in [0.717, 1.165) is 37.1 Å². The number of benzene rings is 1. The number of nitrogens with one attached hydrogen (secondary N) is 1. The molecule has 1 atom stereocenters. The van der Waals surface area contributed by atoms with Gasteiger partial charge >= 0.3 is 6.18 Å². The highest BCUT2D eigenvalue weighted by molar-refractivity contribution is 6.00. The predicted octanol–water partition coefficient (Wildman–Crippen LogP) is 2.37. The minimum absolute atomic E-state index is 0.0579. The molecule has 0 aliphatic carbocycles. The number of primary amides is 1. The van der Waals surface area contributed by atoms with Crippen molar-refractivity contribution in [1.82, 2.24) is 19.8 Å². The highest BCUT2D eigenvalue weighted by Crippen LogP contribution is 2.25. The van der Waals surface area contributed by atoms with Crippen molar-refractivity contribution in [3.05, 3.63) is 69.0 Å². The number of aromatic nitrogens is 2. The number of carbonyl (C=O) groups excluding carboxylic acids is 2. The van der Waals surface area contributed by atoms with E-state index in [4.69, 9.17) is 11.5 Å². The number of likely N-dealkylation sites (N-methyl/N-ethyl adjacent to an activating group) is 1. The monoisotopic (exact) mass is 544 g/mol. The van der Waals surface area contributed by atoms with Gasteiger partial charge in [-0.05, 0) is 49.2 Å². The van der Waals surface area contributed by atoms with E-state index in [1.165, 1.54) is 12.1 Å². The van der Waals surface area contributed by atoms with Gasteiger partial charge in [-0.15, -0.1) is 0 Å². The Morgan fingerprint density at radius 3 is 2.46 bits per heavy atom. The van der Waals surface area contributed by atoms with E-state index >= 15 is 0 Å². The molecule has 39 heavy (non-hydrogen) atoms. The van der Waals surface area contributed by atoms with Gasteiger partial charge in [-0.25, -0.2) is 4.98 Å². The highest BCUT2D eigenvalue weighted by Gasteiger charge is 2.31. The van der Waals surface area contributed by atoms with E-state index in [0.29, 0.717) is 22.8 Å². The van der Waals surface area contributed by atoms with Crippen LogP contribution in [0.1, 0.15) is 46.9 Å². The van der Waals surface area contributed by atoms with Crippen LogP contribution in [-0.2, 0) is 24.2 Å². The van der Waals surface area contributed by atoms with Crippen molar-refractivity contribution in [2.45, 2.75) is 51.4 Å². The Morgan fingerprint density at radius 2 is 1.82 bits per heavy atom. The second-order valence-electron chi connectivity index (χ2n) is 9.73. The summed E-state index contributed by atoms with van der Waals surface area (Å²) in [7, 11) is 0. The SMILES string of the molecule is CCN1CCCC1CNC(=O)Cc1ccc(Cc2ccc3c(=O)c(C(N)=O)c(N)n(CC(F)(F)F)c3n2)cc1. The summed E-state index contributed by atoms with van der Waals surface area (Å²) < 4.78 is 40.5. The van der Waals surface area contributed by atoms with Gasteiger partial charge < -0.3 is 21.4 Å². The number of rotatable bonds is 9. The van der Waals surface area contributed by atoms with Gasteiger partial charge in [0.1, 0.15) is 23.6 Å². The summed E-state index contributed by atoms with van der Waals surface area (Å²) in [6.45, 7) is 3.23. The lowest BCUT2D eigenvalue weighted by Crippen LogP contribution is -2.40. The van der Waals surface area contributed by atoms with Gasteiger partial charge in [-0.1, -0.05) is 31.2 Å². The van der Waals surface area contributed by atoms with Crippen LogP contribution in [0.3, 0.4) is 0 Å². The van der Waals surface area contributed by atoms with Crippen LogP contribution in [0.2, 0.25) is 0 Å². The van der Waals surface area contributed by atoms with Crippen molar-refractivity contribution < 1.29 is 22.8 Å². The Kier molecular flexibility index (Phi) is 8.24. The van der Waals surface area contributed by atoms with Crippen molar-refractivity contribution in [1.29, 1.82) is 0 Å². The molecule has 0 radical (unpaired) electrons. The maximum atomic E-state index is 13.3. The van der Waals surface area contributed by atoms with E-state index in [-0.39, 0.29) is 29.8 Å². The maximum absolute atomic E-state index is 13.3. The van der Waals surface area contributed by atoms with E-state index in [1.807, 2.05) is 24.3 Å². The molecule has 1 aliphatic heterocycles. The second-order valence-corrected chi connectivity index (χ2v) is 9.73. The van der Waals surface area contributed by atoms with Crippen LogP contribution < -0.4 is 22.2 Å². The summed E-state index contributed by atoms with van der Waals surface area (Å²) >= 11 is 0. The maximum Gasteiger partial charge on any atom is 0.406 e. The van der Waals surface area contributed by atoms with Crippen molar-refractivity contribution in [2.75, 3.05) is 25.4 Å². The molecule has 1 unspecified atom stereocenters. The molecule has 1 aliphatic rings. The van der Waals surface area contributed by atoms with Crippen molar-refractivity contribution in [3.63, 3.8) is 0 Å². The first kappa shape index (κ1) is 28.1. The third-order valence-electron chi connectivity index (χ3n) is 7.00. The third-order valence-corrected chi connectivity index (χ3v) is 7.00. The number of fused-ring (bicyclic) bond motifs is 1. The number of nitrogen functional groups attached to an aromatic ring is 1. The molecule has 2 aromatic heterocycles. The highest BCUT2D eigenvalue weighted by atomic mass is 19.4. The number of carbonyl (C=O) groups is 2. The van der Waals surface area contributed by atoms with Crippen LogP contribution in [0, 0.1) is 0 Å². The minimum atomic E-state index is -4.68. The smallest absolute Gasteiger partial charge is 0.384 e. The summed E-state index contributed by atoms with van der Waals surface area (Å²) in [5, 5.41) is 2.82. The molecule has 5 N–H and O–H groups in total. The fraction of sp³-hybridized carbons (Fsp3) is 0.407. The van der Waals surface area contributed by atoms with Crippen molar-refractivity contribution >= 4 is 28.7 Å². The average Bonchev–Trinajstić information content (AvgIpc) is 3.33. The first-order valence-corrected chi connectivity index (χ1v) is 12.7. The summed E-state index contributed by atoms with van der Waals surface area (Å²) in [6, 6.07) is 10.5. The fourth-order valence-corrected chi connectivity index (χ4v) is 5.05. The van der Waals surface area contributed by atoms with Gasteiger partial charge in [0.05, 0.1) is 11.8 Å². The molecular formula is C27H31F3N6O3. The number of hydrogen-bond acceptors (Lipinski definition) is 6. The van der Waals surface area contributed by atoms with Crippen LogP contribution in [0.4, 0.5) is 19.0 Å². The van der Waals surface area contributed by atoms with Gasteiger partial charge in [-0.3, -0.25) is 19.3 Å². The lowest BCUT2D eigenvalue weighted by atomic mass is 10.0. The van der Waals surface area contributed by atoms with E-state index in [1.54, 1.807) is 0 Å². The molecule has 3 heterocycles. The topological polar surface area (TPSA) is 136 Å². The molecule has 3 aromatic rings. The summed E-state index contributed by atoms with van der Waals surface area (Å²) in [6.07, 6.45) is -1.97. The number of amides is 2. The van der Waals surface area contributed by atoms with Gasteiger partial charge in [0, 0.05) is 24.7 Å². The summed E-state index contributed by atoms with van der Waals surface area (Å²) in [5.74, 6) is -1.95. The van der Waals surface area contributed by atoms with Crippen LogP contribution in [0.25, 0.3) is 11.0 Å². The molecule has 4 rings (SSSR count). The number of hydrogen-bond donors (Lipinski definition) is 3. The first-order valence-electron chi connectivity index (χ1n) is 12.7. The Hall–Kier alpha value is -3.93. The normalized spacial score (nSPS) is 16.1. The van der Waals surface area contributed by atoms with Crippen molar-refractivity contribution in [2.24, 2.45) is 5.73 Å². The number of nitrogens with zero attached hydrogens (tertiary/aromatic N) is 3. The second kappa shape index (κ2) is 11.4. The molecule has 9 nitrogen and oxygen atoms in total. The number of halogens is 3. The largest absolute Gasteiger partial charge is 0.406 e. The summed E-state index contributed by atoms with van der Waals surface area (Å²) in [5.41, 5.74) is 11.2. The number of likely N-dealkylation sites (tertiary alicyclic amines) is 1. The molecule has 1 saturated heterocycles. The minimum Gasteiger partial charge on any atom is -0.384 e. The van der Waals surface area contributed by atoms with E-state index in [2.05, 4.69) is 22.1 Å². The predicted molar refractivity (Wildman–Crippen MR) is 141 cm³/mol. The quantitative estimate of drug-likeness (QED) is 0.379. The molecule has 208 valence electrons. The lowest BCUT2D eigenvalue weighted by Gasteiger charge is -2.22. The average molecular weight is 545 g/mol. The van der Waals surface area contributed by atoms with Crippen molar-refractivity contribution in [3.8, 4) is 0 Å². The molecule has 0 saturated carbocycles. The molecule has 0 bridgehead atoms. The van der Waals surface area contributed by atoms with E-state index < -0.39 is 35.4 Å².